The molecule has 0 bridgehead atoms. The van der Waals surface area contributed by atoms with E-state index in [0.717, 1.165) is 31.8 Å². The molecular weight excluding hydrogens is 224 g/mol. The van der Waals surface area contributed by atoms with Crippen LogP contribution in [0, 0.1) is 5.92 Å². The van der Waals surface area contributed by atoms with Crippen molar-refractivity contribution in [2.75, 3.05) is 26.7 Å². The molecule has 0 unspecified atom stereocenters. The lowest BCUT2D eigenvalue weighted by molar-refractivity contribution is 0.0623. The SMILES string of the molecule is CCC1CCC(CN)(N(C)CCCCCO)CC1. The summed E-state index contributed by atoms with van der Waals surface area (Å²) in [6.45, 7) is 4.54. The first-order valence-corrected chi connectivity index (χ1v) is 7.70. The highest BCUT2D eigenvalue weighted by atomic mass is 16.2. The van der Waals surface area contributed by atoms with Crippen LogP contribution in [0.4, 0.5) is 0 Å². The van der Waals surface area contributed by atoms with E-state index in [4.69, 9.17) is 10.8 Å². The summed E-state index contributed by atoms with van der Waals surface area (Å²) in [6, 6.07) is 0. The molecule has 0 saturated heterocycles. The number of nitrogens with two attached hydrogens (primary N) is 1. The van der Waals surface area contributed by atoms with E-state index in [9.17, 15) is 0 Å². The summed E-state index contributed by atoms with van der Waals surface area (Å²) in [5, 5.41) is 8.80. The predicted molar refractivity (Wildman–Crippen MR) is 77.6 cm³/mol. The third-order valence-electron chi connectivity index (χ3n) is 4.95. The second-order valence-corrected chi connectivity index (χ2v) is 5.99. The number of rotatable bonds is 8. The molecular formula is C15H32N2O. The largest absolute Gasteiger partial charge is 0.396 e. The van der Waals surface area contributed by atoms with Crippen LogP contribution in [0.15, 0.2) is 0 Å². The summed E-state index contributed by atoms with van der Waals surface area (Å²) in [6.07, 6.45) is 9.76. The van der Waals surface area contributed by atoms with Crippen LogP contribution < -0.4 is 5.73 Å². The molecule has 1 saturated carbocycles. The first kappa shape index (κ1) is 15.9. The molecule has 1 rings (SSSR count). The highest BCUT2D eigenvalue weighted by Crippen LogP contribution is 2.36. The zero-order valence-corrected chi connectivity index (χ0v) is 12.3. The van der Waals surface area contributed by atoms with Crippen LogP contribution in [-0.2, 0) is 0 Å². The molecule has 18 heavy (non-hydrogen) atoms. The Morgan fingerprint density at radius 1 is 1.22 bits per heavy atom. The quantitative estimate of drug-likeness (QED) is 0.656. The third kappa shape index (κ3) is 4.22. The third-order valence-corrected chi connectivity index (χ3v) is 4.95. The van der Waals surface area contributed by atoms with Crippen molar-refractivity contribution in [2.24, 2.45) is 11.7 Å². The number of unbranched alkanes of at least 4 members (excludes halogenated alkanes) is 2. The molecule has 0 aromatic heterocycles. The standard InChI is InChI=1S/C15H32N2O/c1-3-14-7-9-15(13-16,10-8-14)17(2)11-5-4-6-12-18/h14,18H,3-13,16H2,1-2H3. The van der Waals surface area contributed by atoms with Gasteiger partial charge in [0, 0.05) is 18.7 Å². The van der Waals surface area contributed by atoms with Crippen molar-refractivity contribution in [2.45, 2.75) is 63.8 Å². The Morgan fingerprint density at radius 3 is 2.39 bits per heavy atom. The first-order valence-electron chi connectivity index (χ1n) is 7.70. The van der Waals surface area contributed by atoms with Crippen molar-refractivity contribution in [3.05, 3.63) is 0 Å². The van der Waals surface area contributed by atoms with Crippen molar-refractivity contribution in [3.63, 3.8) is 0 Å². The molecule has 0 spiro atoms. The molecule has 0 heterocycles. The van der Waals surface area contributed by atoms with E-state index in [-0.39, 0.29) is 5.54 Å². The van der Waals surface area contributed by atoms with Crippen LogP contribution in [0.5, 0.6) is 0 Å². The van der Waals surface area contributed by atoms with Crippen molar-refractivity contribution in [1.82, 2.24) is 4.90 Å². The summed E-state index contributed by atoms with van der Waals surface area (Å²) >= 11 is 0. The fourth-order valence-electron chi connectivity index (χ4n) is 3.24. The van der Waals surface area contributed by atoms with E-state index in [1.54, 1.807) is 0 Å². The average molecular weight is 256 g/mol. The molecule has 3 heteroatoms. The Balaban J connectivity index is 2.39. The van der Waals surface area contributed by atoms with Crippen molar-refractivity contribution >= 4 is 0 Å². The van der Waals surface area contributed by atoms with Gasteiger partial charge in [-0.05, 0) is 64.5 Å². The van der Waals surface area contributed by atoms with Gasteiger partial charge in [0.05, 0.1) is 0 Å². The van der Waals surface area contributed by atoms with E-state index in [2.05, 4.69) is 18.9 Å². The van der Waals surface area contributed by atoms with Gasteiger partial charge < -0.3 is 10.8 Å². The van der Waals surface area contributed by atoms with Gasteiger partial charge in [-0.15, -0.1) is 0 Å². The second kappa shape index (κ2) is 8.13. The summed E-state index contributed by atoms with van der Waals surface area (Å²) < 4.78 is 0. The molecule has 3 nitrogen and oxygen atoms in total. The summed E-state index contributed by atoms with van der Waals surface area (Å²) in [7, 11) is 2.23. The fraction of sp³-hybridized carbons (Fsp3) is 1.00. The molecule has 0 aromatic rings. The lowest BCUT2D eigenvalue weighted by Crippen LogP contribution is -2.54. The van der Waals surface area contributed by atoms with Gasteiger partial charge in [0.1, 0.15) is 0 Å². The number of hydrogen-bond donors (Lipinski definition) is 2. The lowest BCUT2D eigenvalue weighted by atomic mass is 9.74. The minimum absolute atomic E-state index is 0.255. The normalized spacial score (nSPS) is 28.8. The Hall–Kier alpha value is -0.120. The Kier molecular flexibility index (Phi) is 7.20. The first-order chi connectivity index (χ1) is 8.68. The van der Waals surface area contributed by atoms with Crippen LogP contribution in [-0.4, -0.2) is 42.3 Å². The summed E-state index contributed by atoms with van der Waals surface area (Å²) in [4.78, 5) is 2.50. The van der Waals surface area contributed by atoms with Gasteiger partial charge in [-0.1, -0.05) is 13.3 Å². The molecule has 108 valence electrons. The van der Waals surface area contributed by atoms with Gasteiger partial charge >= 0.3 is 0 Å². The minimum atomic E-state index is 0.255. The Bertz CT molecular complexity index is 213. The molecule has 0 aliphatic heterocycles. The maximum Gasteiger partial charge on any atom is 0.0431 e. The monoisotopic (exact) mass is 256 g/mol. The minimum Gasteiger partial charge on any atom is -0.396 e. The van der Waals surface area contributed by atoms with Gasteiger partial charge in [0.15, 0.2) is 0 Å². The zero-order chi connectivity index (χ0) is 13.4. The molecule has 0 atom stereocenters. The summed E-state index contributed by atoms with van der Waals surface area (Å²) in [5.74, 6) is 0.924. The smallest absolute Gasteiger partial charge is 0.0431 e. The van der Waals surface area contributed by atoms with Crippen LogP contribution in [0.25, 0.3) is 0 Å². The van der Waals surface area contributed by atoms with Gasteiger partial charge in [0.25, 0.3) is 0 Å². The Labute approximate surface area is 113 Å². The number of likely N-dealkylation sites (N-methyl/N-ethyl adjacent to an activating group) is 1. The highest BCUT2D eigenvalue weighted by molar-refractivity contribution is 4.94. The van der Waals surface area contributed by atoms with E-state index in [1.165, 1.54) is 38.5 Å². The maximum atomic E-state index is 8.80. The summed E-state index contributed by atoms with van der Waals surface area (Å²) in [5.41, 5.74) is 6.33. The van der Waals surface area contributed by atoms with Crippen molar-refractivity contribution in [3.8, 4) is 0 Å². The molecule has 1 aliphatic carbocycles. The molecule has 1 aliphatic rings. The van der Waals surface area contributed by atoms with Crippen LogP contribution in [0.1, 0.15) is 58.3 Å². The van der Waals surface area contributed by atoms with Crippen molar-refractivity contribution in [1.29, 1.82) is 0 Å². The van der Waals surface area contributed by atoms with Crippen molar-refractivity contribution < 1.29 is 5.11 Å². The molecule has 0 radical (unpaired) electrons. The second-order valence-electron chi connectivity index (χ2n) is 5.99. The van der Waals surface area contributed by atoms with Gasteiger partial charge in [-0.3, -0.25) is 4.90 Å². The van der Waals surface area contributed by atoms with E-state index < -0.39 is 0 Å². The molecule has 1 fully saturated rings. The van der Waals surface area contributed by atoms with Gasteiger partial charge in [-0.25, -0.2) is 0 Å². The average Bonchev–Trinajstić information content (AvgIpc) is 2.43. The lowest BCUT2D eigenvalue weighted by Gasteiger charge is -2.46. The number of nitrogens with zero attached hydrogens (tertiary/aromatic N) is 1. The van der Waals surface area contributed by atoms with Crippen LogP contribution in [0.3, 0.4) is 0 Å². The van der Waals surface area contributed by atoms with Crippen LogP contribution >= 0.6 is 0 Å². The maximum absolute atomic E-state index is 8.80. The predicted octanol–water partition coefficient (Wildman–Crippen LogP) is 2.38. The van der Waals surface area contributed by atoms with E-state index in [0.29, 0.717) is 6.61 Å². The highest BCUT2D eigenvalue weighted by Gasteiger charge is 2.36. The number of aliphatic hydroxyl groups is 1. The van der Waals surface area contributed by atoms with Gasteiger partial charge in [-0.2, -0.15) is 0 Å². The number of aliphatic hydroxyl groups excluding tert-OH is 1. The zero-order valence-electron chi connectivity index (χ0n) is 12.3. The number of hydrogen-bond acceptors (Lipinski definition) is 3. The van der Waals surface area contributed by atoms with Crippen LogP contribution in [0.2, 0.25) is 0 Å². The molecule has 0 aromatic carbocycles. The van der Waals surface area contributed by atoms with E-state index in [1.807, 2.05) is 0 Å². The van der Waals surface area contributed by atoms with Gasteiger partial charge in [0.2, 0.25) is 0 Å². The topological polar surface area (TPSA) is 49.5 Å². The van der Waals surface area contributed by atoms with E-state index >= 15 is 0 Å². The molecule has 3 N–H and O–H groups in total. The Morgan fingerprint density at radius 2 is 1.89 bits per heavy atom. The molecule has 0 amide bonds. The fourth-order valence-corrected chi connectivity index (χ4v) is 3.24.